The number of alkyl halides is 18. The van der Waals surface area contributed by atoms with Crippen molar-refractivity contribution in [3.05, 3.63) is 24.8 Å². The average Bonchev–Trinajstić information content (AvgIpc) is 2.56. The van der Waals surface area contributed by atoms with E-state index in [9.17, 15) is 87.8 Å². The summed E-state index contributed by atoms with van der Waals surface area (Å²) >= 11 is 0. The molecule has 0 aliphatic heterocycles. The molecule has 3 nitrogen and oxygen atoms in total. The minimum absolute atomic E-state index is 0.240. The number of hydrogen-bond donors (Lipinski definition) is 0. The Morgan fingerprint density at radius 3 is 1.05 bits per heavy atom. The Hall–Kier alpha value is -2.04. The van der Waals surface area contributed by atoms with E-state index < -0.39 is 61.5 Å². The quantitative estimate of drug-likeness (QED) is 0.241. The van der Waals surface area contributed by atoms with Crippen molar-refractivity contribution in [2.45, 2.75) is 57.1 Å². The molecular weight excluding hydrogens is 608 g/mol. The lowest BCUT2D eigenvalue weighted by Crippen LogP contribution is -2.51. The normalized spacial score (nSPS) is 14.5. The fraction of sp³-hybridized carbons (Fsp3) is 0.733. The number of hydrogen-bond acceptors (Lipinski definition) is 3. The van der Waals surface area contributed by atoms with Crippen LogP contribution < -0.4 is 0 Å². The zero-order valence-corrected chi connectivity index (χ0v) is 18.1. The van der Waals surface area contributed by atoms with Crippen LogP contribution in [0.5, 0.6) is 0 Å². The van der Waals surface area contributed by atoms with Crippen LogP contribution in [0, 0.1) is 0 Å². The van der Waals surface area contributed by atoms with Crippen molar-refractivity contribution in [3.63, 3.8) is 0 Å². The minimum atomic E-state index is -5.50. The highest BCUT2D eigenvalue weighted by Crippen LogP contribution is 2.41. The van der Waals surface area contributed by atoms with Gasteiger partial charge < -0.3 is 9.47 Å². The molecule has 0 aliphatic rings. The summed E-state index contributed by atoms with van der Waals surface area (Å²) in [4.78, 5) is 0. The first-order chi connectivity index (χ1) is 16.1. The fourth-order valence-corrected chi connectivity index (χ4v) is 0.916. The molecule has 0 bridgehead atoms. The Bertz CT molecular complexity index is 667. The van der Waals surface area contributed by atoms with E-state index in [1.807, 2.05) is 6.58 Å². The molecule has 0 spiro atoms. The number of ether oxygens (including phenoxy) is 3. The Kier molecular flexibility index (Phi) is 17.6. The SMILES string of the molecule is C=C(F)C(F)(F)OC(C)(F)C(F)(F)OCC(F)(F)F.C=C(F)C(F)(F)OCC.FC(F)(F)F.FC(F)(F)F. The van der Waals surface area contributed by atoms with Gasteiger partial charge in [-0.1, -0.05) is 13.2 Å². The third-order valence-corrected chi connectivity index (χ3v) is 2.21. The second-order valence-electron chi connectivity index (χ2n) is 5.57. The summed E-state index contributed by atoms with van der Waals surface area (Å²) in [6, 6.07) is 0. The van der Waals surface area contributed by atoms with Crippen LogP contribution in [-0.4, -0.2) is 56.4 Å². The third-order valence-electron chi connectivity index (χ3n) is 2.21. The monoisotopic (exact) mass is 622 g/mol. The summed E-state index contributed by atoms with van der Waals surface area (Å²) in [6.07, 6.45) is -30.6. The lowest BCUT2D eigenvalue weighted by atomic mass is 10.3. The molecule has 0 heterocycles. The van der Waals surface area contributed by atoms with Crippen LogP contribution in [-0.2, 0) is 14.2 Å². The van der Waals surface area contributed by atoms with E-state index in [1.54, 1.807) is 0 Å². The van der Waals surface area contributed by atoms with Gasteiger partial charge in [-0.25, -0.2) is 13.2 Å². The van der Waals surface area contributed by atoms with E-state index in [-0.39, 0.29) is 13.5 Å². The smallest absolute Gasteiger partial charge is 0.315 e. The first kappa shape index (κ1) is 43.0. The summed E-state index contributed by atoms with van der Waals surface area (Å²) < 4.78 is 233. The van der Waals surface area contributed by atoms with Gasteiger partial charge in [-0.3, -0.25) is 4.74 Å². The molecule has 0 aromatic carbocycles. The van der Waals surface area contributed by atoms with E-state index >= 15 is 0 Å². The van der Waals surface area contributed by atoms with Gasteiger partial charge in [0.15, 0.2) is 11.7 Å². The van der Waals surface area contributed by atoms with Gasteiger partial charge in [0.2, 0.25) is 0 Å². The van der Waals surface area contributed by atoms with Crippen molar-refractivity contribution >= 4 is 0 Å². The molecule has 0 aromatic heterocycles. The van der Waals surface area contributed by atoms with Crippen molar-refractivity contribution in [1.82, 2.24) is 0 Å². The van der Waals surface area contributed by atoms with Crippen molar-refractivity contribution in [1.29, 1.82) is 0 Å². The van der Waals surface area contributed by atoms with E-state index in [0.29, 0.717) is 0 Å². The molecule has 23 heteroatoms. The van der Waals surface area contributed by atoms with Crippen LogP contribution >= 0.6 is 0 Å². The maximum absolute atomic E-state index is 13.1. The van der Waals surface area contributed by atoms with Crippen LogP contribution in [0.4, 0.5) is 87.8 Å². The molecule has 0 fully saturated rings. The molecule has 0 aliphatic carbocycles. The maximum atomic E-state index is 13.1. The van der Waals surface area contributed by atoms with Gasteiger partial charge in [0.25, 0.3) is 0 Å². The van der Waals surface area contributed by atoms with Crippen molar-refractivity contribution < 1.29 is 102 Å². The lowest BCUT2D eigenvalue weighted by molar-refractivity contribution is -0.434. The van der Waals surface area contributed by atoms with Crippen LogP contribution in [0.25, 0.3) is 0 Å². The average molecular weight is 622 g/mol. The summed E-state index contributed by atoms with van der Waals surface area (Å²) in [5.74, 6) is -9.09. The Morgan fingerprint density at radius 1 is 0.579 bits per heavy atom. The van der Waals surface area contributed by atoms with Gasteiger partial charge >= 0.3 is 43.2 Å². The largest absolute Gasteiger partial charge is 0.559 e. The van der Waals surface area contributed by atoms with Crippen LogP contribution in [0.2, 0.25) is 0 Å². The summed E-state index contributed by atoms with van der Waals surface area (Å²) in [5, 5.41) is 0. The standard InChI is InChI=1S/C8H7F9O2.C5H7F3O.2CF4/c1-4(9)7(14,15)19-5(2,10)8(16,17)18-3-6(11,12)13;1-3-9-5(7,8)4(2)6;2*2-1(3,4)5/h1,3H2,2H3;2-3H2,1H3;;. The van der Waals surface area contributed by atoms with Gasteiger partial charge in [0, 0.05) is 6.92 Å². The summed E-state index contributed by atoms with van der Waals surface area (Å²) in [7, 11) is 0. The van der Waals surface area contributed by atoms with Gasteiger partial charge in [0.1, 0.15) is 6.61 Å². The van der Waals surface area contributed by atoms with E-state index in [2.05, 4.69) is 20.8 Å². The first-order valence-electron chi connectivity index (χ1n) is 8.19. The Morgan fingerprint density at radius 2 is 0.868 bits per heavy atom. The van der Waals surface area contributed by atoms with Crippen LogP contribution in [0.3, 0.4) is 0 Å². The predicted octanol–water partition coefficient (Wildman–Crippen LogP) is 8.99. The summed E-state index contributed by atoms with van der Waals surface area (Å²) in [6.45, 7) is 2.54. The van der Waals surface area contributed by atoms with Gasteiger partial charge in [0.05, 0.1) is 6.61 Å². The molecule has 0 radical (unpaired) electrons. The molecule has 0 saturated heterocycles. The van der Waals surface area contributed by atoms with Crippen molar-refractivity contribution in [3.8, 4) is 0 Å². The molecule has 0 saturated carbocycles. The number of rotatable bonds is 9. The van der Waals surface area contributed by atoms with E-state index in [1.165, 1.54) is 6.92 Å². The molecule has 0 rings (SSSR count). The zero-order valence-electron chi connectivity index (χ0n) is 18.1. The highest BCUT2D eigenvalue weighted by atomic mass is 19.5. The minimum Gasteiger partial charge on any atom is -0.315 e. The molecule has 1 atom stereocenters. The highest BCUT2D eigenvalue weighted by molar-refractivity contribution is 4.93. The maximum Gasteiger partial charge on any atom is 0.559 e. The molecular formula is C15H14F20O3. The second-order valence-corrected chi connectivity index (χ2v) is 5.57. The van der Waals surface area contributed by atoms with Crippen molar-refractivity contribution in [2.24, 2.45) is 0 Å². The predicted molar refractivity (Wildman–Crippen MR) is 83.9 cm³/mol. The fourth-order valence-electron chi connectivity index (χ4n) is 0.916. The first-order valence-corrected chi connectivity index (χ1v) is 8.19. The van der Waals surface area contributed by atoms with Gasteiger partial charge in [-0.2, -0.15) is 39.5 Å². The molecule has 0 amide bonds. The molecule has 1 unspecified atom stereocenters. The topological polar surface area (TPSA) is 27.7 Å². The van der Waals surface area contributed by atoms with Crippen LogP contribution in [0.1, 0.15) is 13.8 Å². The van der Waals surface area contributed by atoms with Crippen molar-refractivity contribution in [2.75, 3.05) is 13.2 Å². The Labute approximate surface area is 198 Å². The van der Waals surface area contributed by atoms with Gasteiger partial charge in [-0.05, 0) is 6.92 Å². The zero-order chi connectivity index (χ0) is 32.2. The van der Waals surface area contributed by atoms with Gasteiger partial charge in [-0.15, -0.1) is 35.1 Å². The van der Waals surface area contributed by atoms with E-state index in [4.69, 9.17) is 0 Å². The number of halogens is 20. The second kappa shape index (κ2) is 15.5. The van der Waals surface area contributed by atoms with Crippen LogP contribution in [0.15, 0.2) is 24.8 Å². The summed E-state index contributed by atoms with van der Waals surface area (Å²) in [5.41, 5.74) is 0. The highest BCUT2D eigenvalue weighted by Gasteiger charge is 2.60. The lowest BCUT2D eigenvalue weighted by Gasteiger charge is -2.31. The Balaban J connectivity index is -0.000000249. The molecule has 0 N–H and O–H groups in total. The molecule has 38 heavy (non-hydrogen) atoms. The molecule has 232 valence electrons. The molecule has 0 aromatic rings. The third kappa shape index (κ3) is 28.5. The van der Waals surface area contributed by atoms with E-state index in [0.717, 1.165) is 0 Å².